The molecule has 0 aromatic heterocycles. The van der Waals surface area contributed by atoms with Crippen LogP contribution in [0.2, 0.25) is 0 Å². The summed E-state index contributed by atoms with van der Waals surface area (Å²) in [6, 6.07) is 5.02. The first-order valence-electron chi connectivity index (χ1n) is 6.10. The highest BCUT2D eigenvalue weighted by Crippen LogP contribution is 2.22. The van der Waals surface area contributed by atoms with Crippen LogP contribution in [0.15, 0.2) is 18.2 Å². The van der Waals surface area contributed by atoms with E-state index in [1.165, 1.54) is 7.11 Å². The second-order valence-electron chi connectivity index (χ2n) is 4.29. The molecular formula is C13H19NO5S. The number of carbonyl (C=O) groups is 1. The number of hydrogen-bond acceptors (Lipinski definition) is 5. The van der Waals surface area contributed by atoms with E-state index in [9.17, 15) is 13.2 Å². The maximum Gasteiger partial charge on any atom is 0.305 e. The molecule has 0 aliphatic heterocycles. The summed E-state index contributed by atoms with van der Waals surface area (Å²) in [4.78, 5) is 10.9. The first-order chi connectivity index (χ1) is 9.38. The molecular weight excluding hydrogens is 282 g/mol. The fraction of sp³-hybridized carbons (Fsp3) is 0.462. The normalized spacial score (nSPS) is 10.9. The summed E-state index contributed by atoms with van der Waals surface area (Å²) in [7, 11) is -0.646. The molecule has 1 N–H and O–H groups in total. The number of esters is 1. The molecule has 1 aromatic rings. The van der Waals surface area contributed by atoms with E-state index in [1.54, 1.807) is 25.3 Å². The molecule has 0 bridgehead atoms. The van der Waals surface area contributed by atoms with Gasteiger partial charge < -0.3 is 9.47 Å². The number of nitrogens with one attached hydrogen (secondary N) is 1. The topological polar surface area (TPSA) is 81.7 Å². The van der Waals surface area contributed by atoms with Crippen LogP contribution in [0.4, 0.5) is 5.69 Å². The molecule has 0 aliphatic rings. The van der Waals surface area contributed by atoms with Gasteiger partial charge in [-0.05, 0) is 37.1 Å². The second kappa shape index (κ2) is 7.14. The minimum atomic E-state index is -3.47. The van der Waals surface area contributed by atoms with Crippen LogP contribution in [0.1, 0.15) is 18.4 Å². The van der Waals surface area contributed by atoms with E-state index in [2.05, 4.69) is 9.46 Å². The number of anilines is 1. The minimum Gasteiger partial charge on any atom is -0.496 e. The lowest BCUT2D eigenvalue weighted by molar-refractivity contribution is -0.140. The van der Waals surface area contributed by atoms with Crippen molar-refractivity contribution in [1.82, 2.24) is 0 Å². The van der Waals surface area contributed by atoms with Crippen molar-refractivity contribution >= 4 is 21.7 Å². The fourth-order valence-corrected chi connectivity index (χ4v) is 2.79. The van der Waals surface area contributed by atoms with E-state index < -0.39 is 16.0 Å². The smallest absolute Gasteiger partial charge is 0.305 e. The maximum atomic E-state index is 11.8. The van der Waals surface area contributed by atoms with Crippen LogP contribution in [0.5, 0.6) is 5.75 Å². The molecule has 6 nitrogen and oxygen atoms in total. The number of sulfonamides is 1. The molecule has 1 aromatic carbocycles. The molecule has 0 amide bonds. The summed E-state index contributed by atoms with van der Waals surface area (Å²) in [6.07, 6.45) is 0.302. The average molecular weight is 301 g/mol. The third-order valence-electron chi connectivity index (χ3n) is 2.69. The zero-order valence-electron chi connectivity index (χ0n) is 11.8. The Bertz CT molecular complexity index is 568. The van der Waals surface area contributed by atoms with Gasteiger partial charge >= 0.3 is 5.97 Å². The largest absolute Gasteiger partial charge is 0.496 e. The molecule has 0 saturated carbocycles. The Morgan fingerprint density at radius 1 is 1.30 bits per heavy atom. The Balaban J connectivity index is 2.62. The lowest BCUT2D eigenvalue weighted by Crippen LogP contribution is -2.17. The van der Waals surface area contributed by atoms with Crippen LogP contribution in [-0.4, -0.2) is 34.4 Å². The highest BCUT2D eigenvalue weighted by Gasteiger charge is 2.12. The van der Waals surface area contributed by atoms with E-state index >= 15 is 0 Å². The lowest BCUT2D eigenvalue weighted by Gasteiger charge is -2.10. The molecule has 0 unspecified atom stereocenters. The van der Waals surface area contributed by atoms with Gasteiger partial charge in [-0.1, -0.05) is 0 Å². The van der Waals surface area contributed by atoms with Crippen LogP contribution < -0.4 is 9.46 Å². The van der Waals surface area contributed by atoms with Gasteiger partial charge in [0.15, 0.2) is 0 Å². The number of hydrogen-bond donors (Lipinski definition) is 1. The van der Waals surface area contributed by atoms with Crippen LogP contribution in [0.25, 0.3) is 0 Å². The molecule has 112 valence electrons. The SMILES string of the molecule is COC(=O)CCCS(=O)(=O)Nc1ccc(OC)c(C)c1. The molecule has 0 aliphatic carbocycles. The number of carbonyl (C=O) groups excluding carboxylic acids is 1. The molecule has 0 fully saturated rings. The number of aryl methyl sites for hydroxylation is 1. The van der Waals surface area contributed by atoms with Crippen molar-refractivity contribution in [1.29, 1.82) is 0 Å². The van der Waals surface area contributed by atoms with Crippen molar-refractivity contribution in [2.75, 3.05) is 24.7 Å². The van der Waals surface area contributed by atoms with Gasteiger partial charge in [0.1, 0.15) is 5.75 Å². The summed E-state index contributed by atoms with van der Waals surface area (Å²) in [5.74, 6) is 0.145. The quantitative estimate of drug-likeness (QED) is 0.775. The molecule has 0 saturated heterocycles. The van der Waals surface area contributed by atoms with E-state index in [1.807, 2.05) is 6.92 Å². The van der Waals surface area contributed by atoms with Gasteiger partial charge in [-0.2, -0.15) is 0 Å². The van der Waals surface area contributed by atoms with Gasteiger partial charge in [-0.3, -0.25) is 9.52 Å². The van der Waals surface area contributed by atoms with Gasteiger partial charge in [0.2, 0.25) is 10.0 Å². The monoisotopic (exact) mass is 301 g/mol. The molecule has 0 radical (unpaired) electrons. The zero-order chi connectivity index (χ0) is 15.2. The zero-order valence-corrected chi connectivity index (χ0v) is 12.6. The van der Waals surface area contributed by atoms with Crippen molar-refractivity contribution in [3.63, 3.8) is 0 Å². The summed E-state index contributed by atoms with van der Waals surface area (Å²) < 4.78 is 35.7. The van der Waals surface area contributed by atoms with Crippen molar-refractivity contribution in [2.45, 2.75) is 19.8 Å². The standard InChI is InChI=1S/C13H19NO5S/c1-10-9-11(6-7-12(10)18-2)14-20(16,17)8-4-5-13(15)19-3/h6-7,9,14H,4-5,8H2,1-3H3. The molecule has 20 heavy (non-hydrogen) atoms. The van der Waals surface area contributed by atoms with E-state index in [4.69, 9.17) is 4.74 Å². The summed E-state index contributed by atoms with van der Waals surface area (Å²) >= 11 is 0. The molecule has 1 rings (SSSR count). The molecule has 7 heteroatoms. The Hall–Kier alpha value is -1.76. The van der Waals surface area contributed by atoms with Gasteiger partial charge in [-0.15, -0.1) is 0 Å². The lowest BCUT2D eigenvalue weighted by atomic mass is 10.2. The third-order valence-corrected chi connectivity index (χ3v) is 4.06. The summed E-state index contributed by atoms with van der Waals surface area (Å²) in [5, 5.41) is 0. The second-order valence-corrected chi connectivity index (χ2v) is 6.13. The van der Waals surface area contributed by atoms with E-state index in [0.717, 1.165) is 5.56 Å². The summed E-state index contributed by atoms with van der Waals surface area (Å²) in [5.41, 5.74) is 1.31. The van der Waals surface area contributed by atoms with Crippen LogP contribution in [0.3, 0.4) is 0 Å². The number of rotatable bonds is 7. The van der Waals surface area contributed by atoms with Gasteiger partial charge in [0.25, 0.3) is 0 Å². The van der Waals surface area contributed by atoms with Crippen LogP contribution in [0, 0.1) is 6.92 Å². The van der Waals surface area contributed by atoms with Crippen molar-refractivity contribution in [3.05, 3.63) is 23.8 Å². The Labute approximate surface area is 119 Å². The first kappa shape index (κ1) is 16.3. The predicted octanol–water partition coefficient (Wildman–Crippen LogP) is 1.70. The Kier molecular flexibility index (Phi) is 5.82. The fourth-order valence-electron chi connectivity index (χ4n) is 1.68. The van der Waals surface area contributed by atoms with Crippen molar-refractivity contribution in [3.8, 4) is 5.75 Å². The molecule has 0 heterocycles. The van der Waals surface area contributed by atoms with E-state index in [0.29, 0.717) is 11.4 Å². The number of ether oxygens (including phenoxy) is 2. The van der Waals surface area contributed by atoms with Gasteiger partial charge in [-0.25, -0.2) is 8.42 Å². The molecule has 0 atom stereocenters. The maximum absolute atomic E-state index is 11.8. The van der Waals surface area contributed by atoms with Crippen molar-refractivity contribution in [2.24, 2.45) is 0 Å². The average Bonchev–Trinajstić information content (AvgIpc) is 2.38. The van der Waals surface area contributed by atoms with Crippen LogP contribution in [-0.2, 0) is 19.6 Å². The Morgan fingerprint density at radius 2 is 2.00 bits per heavy atom. The van der Waals surface area contributed by atoms with Gasteiger partial charge in [0, 0.05) is 12.1 Å². The number of methoxy groups -OCH3 is 2. The summed E-state index contributed by atoms with van der Waals surface area (Å²) in [6.45, 7) is 1.83. The van der Waals surface area contributed by atoms with Gasteiger partial charge in [0.05, 0.1) is 20.0 Å². The molecule has 0 spiro atoms. The van der Waals surface area contributed by atoms with E-state index in [-0.39, 0.29) is 18.6 Å². The third kappa shape index (κ3) is 5.08. The minimum absolute atomic E-state index is 0.0824. The highest BCUT2D eigenvalue weighted by molar-refractivity contribution is 7.92. The van der Waals surface area contributed by atoms with Crippen molar-refractivity contribution < 1.29 is 22.7 Å². The van der Waals surface area contributed by atoms with Crippen LogP contribution >= 0.6 is 0 Å². The highest BCUT2D eigenvalue weighted by atomic mass is 32.2. The number of benzene rings is 1. The first-order valence-corrected chi connectivity index (χ1v) is 7.75. The predicted molar refractivity (Wildman–Crippen MR) is 76.4 cm³/mol. The Morgan fingerprint density at radius 3 is 2.55 bits per heavy atom.